The Labute approximate surface area is 195 Å². The molecule has 2 aromatic rings. The molecule has 2 saturated heterocycles. The smallest absolute Gasteiger partial charge is 0.245 e. The van der Waals surface area contributed by atoms with E-state index in [1.807, 2.05) is 29.2 Å². The van der Waals surface area contributed by atoms with Gasteiger partial charge in [-0.3, -0.25) is 4.79 Å². The molecule has 0 aromatic heterocycles. The van der Waals surface area contributed by atoms with Crippen molar-refractivity contribution in [3.63, 3.8) is 0 Å². The van der Waals surface area contributed by atoms with Gasteiger partial charge in [-0.2, -0.15) is 4.31 Å². The average molecular weight is 475 g/mol. The average Bonchev–Trinajstić information content (AvgIpc) is 3.27. The number of hydrogen-bond donors (Lipinski definition) is 0. The van der Waals surface area contributed by atoms with Gasteiger partial charge in [0.2, 0.25) is 15.9 Å². The molecule has 4 rings (SSSR count). The van der Waals surface area contributed by atoms with Crippen molar-refractivity contribution in [3.8, 4) is 11.5 Å². The first kappa shape index (κ1) is 23.5. The van der Waals surface area contributed by atoms with E-state index < -0.39 is 15.7 Å². The largest absolute Gasteiger partial charge is 0.497 e. The molecule has 2 fully saturated rings. The third-order valence-corrected chi connectivity index (χ3v) is 8.41. The highest BCUT2D eigenvalue weighted by Gasteiger charge is 2.50. The molecule has 8 nitrogen and oxygen atoms in total. The van der Waals surface area contributed by atoms with Crippen molar-refractivity contribution in [2.75, 3.05) is 40.5 Å². The van der Waals surface area contributed by atoms with E-state index in [0.29, 0.717) is 57.7 Å². The summed E-state index contributed by atoms with van der Waals surface area (Å²) in [6, 6.07) is 14.1. The molecule has 9 heteroatoms. The van der Waals surface area contributed by atoms with E-state index in [-0.39, 0.29) is 10.8 Å². The fourth-order valence-electron chi connectivity index (χ4n) is 4.51. The molecule has 1 amide bonds. The molecule has 2 aliphatic heterocycles. The number of ether oxygens (including phenoxy) is 3. The number of benzene rings is 2. The van der Waals surface area contributed by atoms with E-state index >= 15 is 0 Å². The topological polar surface area (TPSA) is 85.4 Å². The fraction of sp³-hybridized carbons (Fsp3) is 0.458. The van der Waals surface area contributed by atoms with Crippen LogP contribution in [0.2, 0.25) is 0 Å². The molecule has 2 heterocycles. The third kappa shape index (κ3) is 4.85. The molecule has 0 unspecified atom stereocenters. The van der Waals surface area contributed by atoms with Crippen LogP contribution in [0.3, 0.4) is 0 Å². The predicted octanol–water partition coefficient (Wildman–Crippen LogP) is 2.68. The predicted molar refractivity (Wildman–Crippen MR) is 123 cm³/mol. The van der Waals surface area contributed by atoms with Crippen LogP contribution in [-0.4, -0.2) is 69.7 Å². The Bertz CT molecular complexity index is 1060. The van der Waals surface area contributed by atoms with Crippen molar-refractivity contribution in [2.24, 2.45) is 0 Å². The Balaban J connectivity index is 1.38. The fourth-order valence-corrected chi connectivity index (χ4v) is 6.23. The van der Waals surface area contributed by atoms with Crippen molar-refractivity contribution < 1.29 is 27.4 Å². The van der Waals surface area contributed by atoms with Gasteiger partial charge in [0, 0.05) is 38.9 Å². The Hall–Kier alpha value is -2.62. The molecule has 0 atom stereocenters. The van der Waals surface area contributed by atoms with Gasteiger partial charge in [0.05, 0.1) is 25.7 Å². The minimum Gasteiger partial charge on any atom is -0.497 e. The second-order valence-corrected chi connectivity index (χ2v) is 10.1. The number of methoxy groups -OCH3 is 2. The molecule has 0 N–H and O–H groups in total. The van der Waals surface area contributed by atoms with E-state index in [2.05, 4.69) is 0 Å². The maximum atomic E-state index is 13.3. The number of sulfonamides is 1. The standard InChI is InChI=1S/C24H30N2O6S/c1-30-20-6-3-19(4-7-20)5-12-23(27)25-15-13-24(14-16-25)26(17-18-32-24)33(28,29)22-10-8-21(31-2)9-11-22/h3-4,6-11H,5,12-18H2,1-2H3. The van der Waals surface area contributed by atoms with Gasteiger partial charge in [0.15, 0.2) is 0 Å². The number of rotatable bonds is 7. The van der Waals surface area contributed by atoms with Gasteiger partial charge in [-0.25, -0.2) is 8.42 Å². The second kappa shape index (κ2) is 9.70. The van der Waals surface area contributed by atoms with Gasteiger partial charge in [-0.05, 0) is 48.4 Å². The molecule has 33 heavy (non-hydrogen) atoms. The molecule has 2 aromatic carbocycles. The van der Waals surface area contributed by atoms with Crippen molar-refractivity contribution in [3.05, 3.63) is 54.1 Å². The van der Waals surface area contributed by atoms with Gasteiger partial charge in [-0.1, -0.05) is 12.1 Å². The Morgan fingerprint density at radius 3 is 2.09 bits per heavy atom. The number of carbonyl (C=O) groups excluding carboxylic acids is 1. The summed E-state index contributed by atoms with van der Waals surface area (Å²) in [5.74, 6) is 1.46. The monoisotopic (exact) mass is 474 g/mol. The minimum absolute atomic E-state index is 0.0724. The zero-order chi connectivity index (χ0) is 23.5. The van der Waals surface area contributed by atoms with Crippen molar-refractivity contribution in [1.82, 2.24) is 9.21 Å². The molecule has 178 valence electrons. The zero-order valence-corrected chi connectivity index (χ0v) is 19.8. The van der Waals surface area contributed by atoms with E-state index in [9.17, 15) is 13.2 Å². The first-order chi connectivity index (χ1) is 15.9. The maximum Gasteiger partial charge on any atom is 0.245 e. The van der Waals surface area contributed by atoms with Crippen LogP contribution in [0, 0.1) is 0 Å². The highest BCUT2D eigenvalue weighted by atomic mass is 32.2. The lowest BCUT2D eigenvalue weighted by atomic mass is 10.00. The van der Waals surface area contributed by atoms with Gasteiger partial charge in [-0.15, -0.1) is 0 Å². The van der Waals surface area contributed by atoms with Crippen LogP contribution < -0.4 is 9.47 Å². The first-order valence-electron chi connectivity index (χ1n) is 11.1. The molecule has 0 bridgehead atoms. The Morgan fingerprint density at radius 1 is 0.939 bits per heavy atom. The Morgan fingerprint density at radius 2 is 1.52 bits per heavy atom. The van der Waals surface area contributed by atoms with Crippen molar-refractivity contribution in [2.45, 2.75) is 36.3 Å². The normalized spacial score (nSPS) is 18.4. The molecular weight excluding hydrogens is 444 g/mol. The third-order valence-electron chi connectivity index (χ3n) is 6.45. The first-order valence-corrected chi connectivity index (χ1v) is 12.5. The second-order valence-electron chi connectivity index (χ2n) is 8.28. The van der Waals surface area contributed by atoms with Gasteiger partial charge in [0.1, 0.15) is 17.2 Å². The summed E-state index contributed by atoms with van der Waals surface area (Å²) in [7, 11) is -0.558. The van der Waals surface area contributed by atoms with Crippen LogP contribution in [0.15, 0.2) is 53.4 Å². The summed E-state index contributed by atoms with van der Waals surface area (Å²) in [5.41, 5.74) is 0.180. The van der Waals surface area contributed by atoms with Gasteiger partial charge < -0.3 is 19.1 Å². The highest BCUT2D eigenvalue weighted by Crippen LogP contribution is 2.38. The summed E-state index contributed by atoms with van der Waals surface area (Å²) < 4.78 is 44.5. The molecule has 0 radical (unpaired) electrons. The molecule has 2 aliphatic rings. The molecule has 1 spiro atoms. The van der Waals surface area contributed by atoms with Crippen LogP contribution in [0.1, 0.15) is 24.8 Å². The lowest BCUT2D eigenvalue weighted by molar-refractivity contribution is -0.140. The van der Waals surface area contributed by atoms with Gasteiger partial charge >= 0.3 is 0 Å². The number of amides is 1. The number of aryl methyl sites for hydroxylation is 1. The molecule has 0 saturated carbocycles. The summed E-state index contributed by atoms with van der Waals surface area (Å²) in [4.78, 5) is 14.8. The van der Waals surface area contributed by atoms with Crippen LogP contribution in [0.25, 0.3) is 0 Å². The number of nitrogens with zero attached hydrogens (tertiary/aromatic N) is 2. The van der Waals surface area contributed by atoms with E-state index in [1.165, 1.54) is 4.31 Å². The van der Waals surface area contributed by atoms with Crippen molar-refractivity contribution >= 4 is 15.9 Å². The molecular formula is C24H30N2O6S. The van der Waals surface area contributed by atoms with Crippen molar-refractivity contribution in [1.29, 1.82) is 0 Å². The Kier molecular flexibility index (Phi) is 6.92. The SMILES string of the molecule is COc1ccc(CCC(=O)N2CCC3(CC2)OCCN3S(=O)(=O)c2ccc(OC)cc2)cc1. The lowest BCUT2D eigenvalue weighted by Gasteiger charge is -2.42. The quantitative estimate of drug-likeness (QED) is 0.613. The van der Waals surface area contributed by atoms with Crippen LogP contribution in [-0.2, 0) is 26.0 Å². The molecule has 0 aliphatic carbocycles. The zero-order valence-electron chi connectivity index (χ0n) is 19.0. The van der Waals surface area contributed by atoms with E-state index in [4.69, 9.17) is 14.2 Å². The van der Waals surface area contributed by atoms with Crippen LogP contribution in [0.4, 0.5) is 0 Å². The summed E-state index contributed by atoms with van der Waals surface area (Å²) in [6.45, 7) is 1.59. The maximum absolute atomic E-state index is 13.3. The minimum atomic E-state index is -3.72. The summed E-state index contributed by atoms with van der Waals surface area (Å²) in [5, 5.41) is 0. The number of hydrogen-bond acceptors (Lipinski definition) is 6. The number of likely N-dealkylation sites (tertiary alicyclic amines) is 1. The van der Waals surface area contributed by atoms with Crippen LogP contribution in [0.5, 0.6) is 11.5 Å². The highest BCUT2D eigenvalue weighted by molar-refractivity contribution is 7.89. The lowest BCUT2D eigenvalue weighted by Crippen LogP contribution is -2.55. The number of piperidine rings is 1. The van der Waals surface area contributed by atoms with E-state index in [0.717, 1.165) is 11.3 Å². The van der Waals surface area contributed by atoms with Crippen LogP contribution >= 0.6 is 0 Å². The summed E-state index contributed by atoms with van der Waals surface area (Å²) >= 11 is 0. The van der Waals surface area contributed by atoms with Gasteiger partial charge in [0.25, 0.3) is 0 Å². The summed E-state index contributed by atoms with van der Waals surface area (Å²) in [6.07, 6.45) is 1.97. The number of carbonyl (C=O) groups is 1. The van der Waals surface area contributed by atoms with E-state index in [1.54, 1.807) is 38.5 Å².